The minimum atomic E-state index is -4.16. The lowest BCUT2D eigenvalue weighted by atomic mass is 10.0. The Morgan fingerprint density at radius 3 is 2.12 bits per heavy atom. The minimum absolute atomic E-state index is 0.0511. The molecule has 9 heteroatoms. The van der Waals surface area contributed by atoms with Crippen molar-refractivity contribution in [3.05, 3.63) is 130 Å². The van der Waals surface area contributed by atoms with Crippen LogP contribution in [0.4, 0.5) is 5.69 Å². The highest BCUT2D eigenvalue weighted by atomic mass is 35.5. The van der Waals surface area contributed by atoms with E-state index in [2.05, 4.69) is 5.32 Å². The minimum Gasteiger partial charge on any atom is -0.357 e. The smallest absolute Gasteiger partial charge is 0.264 e. The van der Waals surface area contributed by atoms with Gasteiger partial charge in [-0.05, 0) is 73.4 Å². The fourth-order valence-electron chi connectivity index (χ4n) is 4.89. The number of nitrogens with one attached hydrogen (secondary N) is 1. The Morgan fingerprint density at radius 1 is 0.814 bits per heavy atom. The van der Waals surface area contributed by atoms with Gasteiger partial charge >= 0.3 is 0 Å². The molecule has 0 radical (unpaired) electrons. The van der Waals surface area contributed by atoms with Crippen LogP contribution in [0.25, 0.3) is 0 Å². The molecule has 0 heterocycles. The summed E-state index contributed by atoms with van der Waals surface area (Å²) in [5.41, 5.74) is 4.43. The number of carbonyl (C=O) groups excluding carboxylic acids is 2. The van der Waals surface area contributed by atoms with Crippen LogP contribution in [-0.2, 0) is 32.6 Å². The maximum absolute atomic E-state index is 14.4. The summed E-state index contributed by atoms with van der Waals surface area (Å²) in [6.45, 7) is 5.10. The third kappa shape index (κ3) is 7.83. The second-order valence-electron chi connectivity index (χ2n) is 10.6. The number of hydrogen-bond donors (Lipinski definition) is 1. The molecule has 43 heavy (non-hydrogen) atoms. The summed E-state index contributed by atoms with van der Waals surface area (Å²) in [4.78, 5) is 29.3. The Hall–Kier alpha value is -4.14. The maximum Gasteiger partial charge on any atom is 0.264 e. The van der Waals surface area contributed by atoms with Crippen LogP contribution in [0.1, 0.15) is 27.8 Å². The molecule has 0 saturated carbocycles. The van der Waals surface area contributed by atoms with Gasteiger partial charge in [0.25, 0.3) is 10.0 Å². The molecule has 0 fully saturated rings. The number of sulfonamides is 1. The number of rotatable bonds is 11. The number of halogens is 1. The van der Waals surface area contributed by atoms with Crippen LogP contribution in [0.3, 0.4) is 0 Å². The predicted octanol–water partition coefficient (Wildman–Crippen LogP) is 5.85. The molecule has 0 bridgehead atoms. The van der Waals surface area contributed by atoms with Crippen molar-refractivity contribution in [1.82, 2.24) is 10.2 Å². The van der Waals surface area contributed by atoms with Crippen molar-refractivity contribution in [1.29, 1.82) is 0 Å². The Kier molecular flexibility index (Phi) is 10.3. The van der Waals surface area contributed by atoms with Crippen molar-refractivity contribution in [2.24, 2.45) is 0 Å². The first-order valence-corrected chi connectivity index (χ1v) is 15.8. The SMILES string of the molecule is CNC(=O)[C@H](Cc1ccccc1)N(Cc1cccc(Cl)c1)C(=O)CN(c1cc(C)ccc1C)S(=O)(=O)c1ccc(C)cc1. The number of anilines is 1. The molecule has 1 atom stereocenters. The van der Waals surface area contributed by atoms with E-state index in [1.807, 2.05) is 69.3 Å². The zero-order valence-corrected chi connectivity index (χ0v) is 26.3. The number of amides is 2. The number of aryl methyl sites for hydroxylation is 3. The van der Waals surface area contributed by atoms with Crippen molar-refractivity contribution < 1.29 is 18.0 Å². The van der Waals surface area contributed by atoms with Gasteiger partial charge in [-0.25, -0.2) is 8.42 Å². The number of benzene rings is 4. The quantitative estimate of drug-likeness (QED) is 0.229. The Labute approximate surface area is 259 Å². The van der Waals surface area contributed by atoms with Crippen LogP contribution in [0.5, 0.6) is 0 Å². The molecule has 0 unspecified atom stereocenters. The lowest BCUT2D eigenvalue weighted by molar-refractivity contribution is -0.139. The molecule has 1 N–H and O–H groups in total. The van der Waals surface area contributed by atoms with Gasteiger partial charge in [0.05, 0.1) is 10.6 Å². The van der Waals surface area contributed by atoms with Crippen molar-refractivity contribution in [3.8, 4) is 0 Å². The van der Waals surface area contributed by atoms with Gasteiger partial charge in [-0.15, -0.1) is 0 Å². The van der Waals surface area contributed by atoms with Gasteiger partial charge in [0, 0.05) is 25.0 Å². The normalized spacial score (nSPS) is 11.9. The number of hydrogen-bond acceptors (Lipinski definition) is 4. The molecule has 0 spiro atoms. The molecule has 4 rings (SSSR count). The fourth-order valence-corrected chi connectivity index (χ4v) is 6.57. The topological polar surface area (TPSA) is 86.8 Å². The second kappa shape index (κ2) is 13.9. The van der Waals surface area contributed by atoms with Crippen molar-refractivity contribution in [2.75, 3.05) is 17.9 Å². The average molecular weight is 618 g/mol. The standard InChI is InChI=1S/C34H36ClN3O4S/c1-24-14-17-30(18-15-24)43(41,42)38(31-19-25(2)13-16-26(31)3)23-33(39)37(22-28-11-8-12-29(35)20-28)32(34(40)36-4)21-27-9-6-5-7-10-27/h5-20,32H,21-23H2,1-4H3,(H,36,40)/t32-/m0/s1. The van der Waals surface area contributed by atoms with Gasteiger partial charge in [-0.2, -0.15) is 0 Å². The first-order chi connectivity index (χ1) is 20.5. The van der Waals surface area contributed by atoms with E-state index in [4.69, 9.17) is 11.6 Å². The highest BCUT2D eigenvalue weighted by Crippen LogP contribution is 2.29. The molecule has 4 aromatic carbocycles. The zero-order valence-electron chi connectivity index (χ0n) is 24.7. The van der Waals surface area contributed by atoms with Crippen LogP contribution >= 0.6 is 11.6 Å². The van der Waals surface area contributed by atoms with E-state index >= 15 is 0 Å². The van der Waals surface area contributed by atoms with Crippen LogP contribution in [0, 0.1) is 20.8 Å². The number of likely N-dealkylation sites (N-methyl/N-ethyl adjacent to an activating group) is 1. The third-order valence-corrected chi connectivity index (χ3v) is 9.29. The summed E-state index contributed by atoms with van der Waals surface area (Å²) in [5.74, 6) is -0.889. The monoisotopic (exact) mass is 617 g/mol. The summed E-state index contributed by atoms with van der Waals surface area (Å²) in [5, 5.41) is 3.18. The fraction of sp³-hybridized carbons (Fsp3) is 0.235. The molecule has 0 aliphatic carbocycles. The number of carbonyl (C=O) groups is 2. The molecule has 4 aromatic rings. The average Bonchev–Trinajstić information content (AvgIpc) is 2.99. The summed E-state index contributed by atoms with van der Waals surface area (Å²) in [6.07, 6.45) is 0.237. The van der Waals surface area contributed by atoms with Crippen molar-refractivity contribution >= 4 is 39.1 Å². The van der Waals surface area contributed by atoms with Gasteiger partial charge in [0.2, 0.25) is 11.8 Å². The second-order valence-corrected chi connectivity index (χ2v) is 12.9. The van der Waals surface area contributed by atoms with E-state index in [1.54, 1.807) is 48.5 Å². The number of nitrogens with zero attached hydrogens (tertiary/aromatic N) is 2. The molecule has 0 aliphatic heterocycles. The van der Waals surface area contributed by atoms with Gasteiger partial charge in [-0.1, -0.05) is 83.9 Å². The lowest BCUT2D eigenvalue weighted by Crippen LogP contribution is -2.53. The summed E-state index contributed by atoms with van der Waals surface area (Å²) < 4.78 is 29.5. The largest absolute Gasteiger partial charge is 0.357 e. The molecule has 0 aliphatic rings. The Morgan fingerprint density at radius 2 is 1.47 bits per heavy atom. The van der Waals surface area contributed by atoms with Crippen molar-refractivity contribution in [2.45, 2.75) is 44.7 Å². The first-order valence-electron chi connectivity index (χ1n) is 14.0. The van der Waals surface area contributed by atoms with Crippen LogP contribution in [0.15, 0.2) is 102 Å². The van der Waals surface area contributed by atoms with E-state index in [1.165, 1.54) is 11.9 Å². The molecule has 0 saturated heterocycles. The molecule has 0 aromatic heterocycles. The summed E-state index contributed by atoms with van der Waals surface area (Å²) >= 11 is 6.27. The Bertz CT molecular complexity index is 1690. The van der Waals surface area contributed by atoms with Crippen LogP contribution < -0.4 is 9.62 Å². The predicted molar refractivity (Wildman–Crippen MR) is 172 cm³/mol. The molecule has 7 nitrogen and oxygen atoms in total. The van der Waals surface area contributed by atoms with E-state index in [0.717, 1.165) is 21.0 Å². The van der Waals surface area contributed by atoms with E-state index < -0.39 is 28.5 Å². The van der Waals surface area contributed by atoms with Crippen molar-refractivity contribution in [3.63, 3.8) is 0 Å². The summed E-state index contributed by atoms with van der Waals surface area (Å²) in [7, 11) is -2.64. The van der Waals surface area contributed by atoms with Crippen LogP contribution in [-0.4, -0.2) is 44.8 Å². The van der Waals surface area contributed by atoms with Gasteiger partial charge in [0.1, 0.15) is 12.6 Å². The van der Waals surface area contributed by atoms with E-state index in [0.29, 0.717) is 21.8 Å². The lowest BCUT2D eigenvalue weighted by Gasteiger charge is -2.34. The van der Waals surface area contributed by atoms with Gasteiger partial charge in [0.15, 0.2) is 0 Å². The molecular formula is C34H36ClN3O4S. The third-order valence-electron chi connectivity index (χ3n) is 7.28. The van der Waals surface area contributed by atoms with Gasteiger partial charge < -0.3 is 10.2 Å². The first kappa shape index (κ1) is 31.8. The van der Waals surface area contributed by atoms with E-state index in [9.17, 15) is 18.0 Å². The van der Waals surface area contributed by atoms with Gasteiger partial charge in [-0.3, -0.25) is 13.9 Å². The molecular weight excluding hydrogens is 582 g/mol. The molecule has 224 valence electrons. The highest BCUT2D eigenvalue weighted by molar-refractivity contribution is 7.92. The highest BCUT2D eigenvalue weighted by Gasteiger charge is 2.34. The summed E-state index contributed by atoms with van der Waals surface area (Å²) in [6, 6.07) is 27.6. The van der Waals surface area contributed by atoms with E-state index in [-0.39, 0.29) is 23.8 Å². The molecule has 2 amide bonds. The zero-order chi connectivity index (χ0) is 31.1. The Balaban J connectivity index is 1.82. The maximum atomic E-state index is 14.4. The van der Waals surface area contributed by atoms with Crippen LogP contribution in [0.2, 0.25) is 5.02 Å².